The third-order valence-electron chi connectivity index (χ3n) is 7.37. The van der Waals surface area contributed by atoms with Gasteiger partial charge in [-0.15, -0.1) is 15.3 Å². The van der Waals surface area contributed by atoms with Crippen LogP contribution in [0, 0.1) is 17.3 Å². The van der Waals surface area contributed by atoms with Gasteiger partial charge in [-0.3, -0.25) is 4.98 Å². The summed E-state index contributed by atoms with van der Waals surface area (Å²) in [6, 6.07) is 5.74. The number of nitrogens with zero attached hydrogens (tertiary/aromatic N) is 9. The highest BCUT2D eigenvalue weighted by Crippen LogP contribution is 2.45. The Morgan fingerprint density at radius 2 is 1.95 bits per heavy atom. The topological polar surface area (TPSA) is 101 Å². The lowest BCUT2D eigenvalue weighted by molar-refractivity contribution is 0.109. The number of fused-ring (bicyclic) bond motifs is 1. The maximum atomic E-state index is 15.9. The Hall–Kier alpha value is -3.94. The average molecular weight is 504 g/mol. The highest BCUT2D eigenvalue weighted by atomic mass is 19.1. The Morgan fingerprint density at radius 3 is 2.57 bits per heavy atom. The molecule has 1 aliphatic carbocycles. The van der Waals surface area contributed by atoms with Crippen molar-refractivity contribution in [2.75, 3.05) is 18.0 Å². The summed E-state index contributed by atoms with van der Waals surface area (Å²) in [5.41, 5.74) is 1.85. The van der Waals surface area contributed by atoms with Gasteiger partial charge >= 0.3 is 0 Å². The predicted octanol–water partition coefficient (Wildman–Crippen LogP) is 4.56. The zero-order chi connectivity index (χ0) is 25.9. The molecule has 0 unspecified atom stereocenters. The summed E-state index contributed by atoms with van der Waals surface area (Å²) in [5, 5.41) is 22.6. The minimum absolute atomic E-state index is 0.155. The molecule has 0 aromatic carbocycles. The number of nitriles is 1. The number of alkyl halides is 1. The monoisotopic (exact) mass is 503 g/mol. The molecule has 0 bridgehead atoms. The van der Waals surface area contributed by atoms with E-state index in [9.17, 15) is 5.26 Å². The van der Waals surface area contributed by atoms with Crippen molar-refractivity contribution >= 4 is 16.7 Å². The maximum absolute atomic E-state index is 15.9. The van der Waals surface area contributed by atoms with Crippen LogP contribution in [0.15, 0.2) is 24.7 Å². The van der Waals surface area contributed by atoms with Crippen LogP contribution in [0.1, 0.15) is 68.6 Å². The van der Waals surface area contributed by atoms with Crippen molar-refractivity contribution < 1.29 is 8.78 Å². The fourth-order valence-electron chi connectivity index (χ4n) is 5.18. The second-order valence-corrected chi connectivity index (χ2v) is 10.3. The van der Waals surface area contributed by atoms with Crippen LogP contribution in [-0.2, 0) is 12.7 Å². The van der Waals surface area contributed by atoms with E-state index < -0.39 is 11.6 Å². The number of halogens is 2. The number of rotatable bonds is 5. The lowest BCUT2D eigenvalue weighted by Gasteiger charge is -2.38. The van der Waals surface area contributed by atoms with Gasteiger partial charge in [-0.2, -0.15) is 9.65 Å². The summed E-state index contributed by atoms with van der Waals surface area (Å²) in [5.74, 6) is 0.166. The molecule has 1 aliphatic heterocycles. The molecule has 2 fully saturated rings. The Balaban J connectivity index is 1.44. The van der Waals surface area contributed by atoms with E-state index in [0.29, 0.717) is 58.4 Å². The third-order valence-corrected chi connectivity index (χ3v) is 7.37. The average Bonchev–Trinajstić information content (AvgIpc) is 3.57. The quantitative estimate of drug-likeness (QED) is 0.394. The van der Waals surface area contributed by atoms with Gasteiger partial charge in [0, 0.05) is 62.4 Å². The minimum atomic E-state index is -1.61. The normalized spacial score (nSPS) is 17.5. The van der Waals surface area contributed by atoms with Crippen molar-refractivity contribution in [2.24, 2.45) is 7.05 Å². The van der Waals surface area contributed by atoms with Crippen LogP contribution in [0.4, 0.5) is 14.5 Å². The summed E-state index contributed by atoms with van der Waals surface area (Å²) in [6.07, 6.45) is 5.57. The van der Waals surface area contributed by atoms with Crippen LogP contribution in [0.5, 0.6) is 0 Å². The summed E-state index contributed by atoms with van der Waals surface area (Å²) < 4.78 is 34.0. The highest BCUT2D eigenvalue weighted by Gasteiger charge is 2.41. The summed E-state index contributed by atoms with van der Waals surface area (Å²) in [6.45, 7) is 4.45. The van der Waals surface area contributed by atoms with Gasteiger partial charge in [0.05, 0.1) is 22.3 Å². The molecule has 1 saturated heterocycles. The standard InChI is InChI=1S/C26H27F2N9/c1-15(2)37-23(27)19-10-18(13-30-24(19)34-37)21-22(17(12-29)11-20(32-21)16-4-5-16)36-8-6-26(28,7-9-36)25-33-31-14-35(25)3/h10-11,13-16H,4-9H2,1-3H3. The van der Waals surface area contributed by atoms with E-state index in [4.69, 9.17) is 4.98 Å². The lowest BCUT2D eigenvalue weighted by atomic mass is 9.91. The van der Waals surface area contributed by atoms with Crippen molar-refractivity contribution in [3.63, 3.8) is 0 Å². The van der Waals surface area contributed by atoms with Crippen LogP contribution in [0.2, 0.25) is 0 Å². The fourth-order valence-corrected chi connectivity index (χ4v) is 5.18. The van der Waals surface area contributed by atoms with Gasteiger partial charge in [0.1, 0.15) is 12.4 Å². The molecule has 11 heteroatoms. The van der Waals surface area contributed by atoms with Crippen molar-refractivity contribution in [3.05, 3.63) is 47.7 Å². The molecular formula is C26H27F2N9. The van der Waals surface area contributed by atoms with Gasteiger partial charge in [0.2, 0.25) is 5.95 Å². The van der Waals surface area contributed by atoms with Crippen LogP contribution < -0.4 is 4.90 Å². The number of hydrogen-bond acceptors (Lipinski definition) is 7. The first-order valence-electron chi connectivity index (χ1n) is 12.6. The largest absolute Gasteiger partial charge is 0.368 e. The van der Waals surface area contributed by atoms with E-state index in [1.54, 1.807) is 23.9 Å². The molecule has 0 amide bonds. The number of pyridine rings is 2. The summed E-state index contributed by atoms with van der Waals surface area (Å²) in [4.78, 5) is 11.4. The predicted molar refractivity (Wildman–Crippen MR) is 133 cm³/mol. The van der Waals surface area contributed by atoms with Gasteiger partial charge in [-0.25, -0.2) is 14.1 Å². The SMILES string of the molecule is CC(C)n1nc2ncc(-c3nc(C4CC4)cc(C#N)c3N3CCC(F)(c4nncn4C)CC3)cc2c1F. The third kappa shape index (κ3) is 3.91. The first-order valence-corrected chi connectivity index (χ1v) is 12.6. The van der Waals surface area contributed by atoms with Gasteiger partial charge in [0.15, 0.2) is 17.1 Å². The molecule has 2 aliphatic rings. The smallest absolute Gasteiger partial charge is 0.221 e. The van der Waals surface area contributed by atoms with E-state index in [0.717, 1.165) is 18.5 Å². The van der Waals surface area contributed by atoms with Crippen molar-refractivity contribution in [2.45, 2.75) is 57.2 Å². The first-order chi connectivity index (χ1) is 17.8. The Kier molecular flexibility index (Phi) is 5.44. The Bertz CT molecular complexity index is 1540. The maximum Gasteiger partial charge on any atom is 0.221 e. The Labute approximate surface area is 212 Å². The van der Waals surface area contributed by atoms with E-state index in [-0.39, 0.29) is 18.9 Å². The molecule has 0 atom stereocenters. The number of anilines is 1. The van der Waals surface area contributed by atoms with E-state index >= 15 is 8.78 Å². The molecule has 1 saturated carbocycles. The van der Waals surface area contributed by atoms with Crippen LogP contribution >= 0.6 is 0 Å². The number of aromatic nitrogens is 7. The van der Waals surface area contributed by atoms with Crippen molar-refractivity contribution in [1.29, 1.82) is 5.26 Å². The number of hydrogen-bond donors (Lipinski definition) is 0. The highest BCUT2D eigenvalue weighted by molar-refractivity contribution is 5.86. The molecular weight excluding hydrogens is 476 g/mol. The molecule has 37 heavy (non-hydrogen) atoms. The number of aryl methyl sites for hydroxylation is 1. The molecule has 0 N–H and O–H groups in total. The summed E-state index contributed by atoms with van der Waals surface area (Å²) in [7, 11) is 1.74. The van der Waals surface area contributed by atoms with Gasteiger partial charge < -0.3 is 9.47 Å². The van der Waals surface area contributed by atoms with Gasteiger partial charge in [-0.1, -0.05) is 0 Å². The molecule has 5 heterocycles. The molecule has 0 radical (unpaired) electrons. The van der Waals surface area contributed by atoms with Gasteiger partial charge in [-0.05, 0) is 38.8 Å². The molecule has 4 aromatic rings. The minimum Gasteiger partial charge on any atom is -0.368 e. The zero-order valence-electron chi connectivity index (χ0n) is 21.0. The lowest BCUT2D eigenvalue weighted by Crippen LogP contribution is -2.42. The summed E-state index contributed by atoms with van der Waals surface area (Å²) >= 11 is 0. The fraction of sp³-hybridized carbons (Fsp3) is 0.462. The molecule has 9 nitrogen and oxygen atoms in total. The van der Waals surface area contributed by atoms with Crippen LogP contribution in [-0.4, -0.2) is 47.6 Å². The zero-order valence-corrected chi connectivity index (χ0v) is 21.0. The van der Waals surface area contributed by atoms with Crippen molar-refractivity contribution in [3.8, 4) is 17.3 Å². The van der Waals surface area contributed by atoms with Crippen LogP contribution in [0.3, 0.4) is 0 Å². The Morgan fingerprint density at radius 1 is 1.19 bits per heavy atom. The molecule has 190 valence electrons. The van der Waals surface area contributed by atoms with Crippen molar-refractivity contribution in [1.82, 2.24) is 34.5 Å². The van der Waals surface area contributed by atoms with Gasteiger partial charge in [0.25, 0.3) is 0 Å². The second-order valence-electron chi connectivity index (χ2n) is 10.3. The second kappa shape index (κ2) is 8.57. The molecule has 0 spiro atoms. The van der Waals surface area contributed by atoms with E-state index in [1.165, 1.54) is 11.0 Å². The van der Waals surface area contributed by atoms with E-state index in [1.807, 2.05) is 24.8 Å². The number of piperidine rings is 1. The molecule has 6 rings (SSSR count). The first kappa shape index (κ1) is 23.5. The molecule has 4 aromatic heterocycles. The van der Waals surface area contributed by atoms with E-state index in [2.05, 4.69) is 26.3 Å². The van der Waals surface area contributed by atoms with Crippen LogP contribution in [0.25, 0.3) is 22.3 Å².